The van der Waals surface area contributed by atoms with Gasteiger partial charge in [0.1, 0.15) is 12.3 Å². The number of nitrogens with zero attached hydrogens (tertiary/aromatic N) is 3. The number of methoxy groups -OCH3 is 1. The number of benzene rings is 1. The number of hydrogen-bond acceptors (Lipinski definition) is 4. The summed E-state index contributed by atoms with van der Waals surface area (Å²) >= 11 is 3.14. The molecule has 0 unspecified atom stereocenters. The second kappa shape index (κ2) is 5.18. The Morgan fingerprint density at radius 2 is 2.11 bits per heavy atom. The van der Waals surface area contributed by atoms with E-state index in [1.807, 2.05) is 0 Å². The minimum atomic E-state index is -0.970. The topological polar surface area (TPSA) is 77.2 Å². The summed E-state index contributed by atoms with van der Waals surface area (Å²) in [4.78, 5) is 14.9. The molecule has 2 aromatic rings. The molecule has 0 radical (unpaired) electrons. The third kappa shape index (κ3) is 2.67. The Morgan fingerprint density at radius 3 is 2.67 bits per heavy atom. The van der Waals surface area contributed by atoms with Crippen molar-refractivity contribution in [2.45, 2.75) is 6.54 Å². The first kappa shape index (κ1) is 12.6. The van der Waals surface area contributed by atoms with Gasteiger partial charge in [-0.2, -0.15) is 0 Å². The lowest BCUT2D eigenvalue weighted by Gasteiger charge is -2.04. The Balaban J connectivity index is 2.39. The van der Waals surface area contributed by atoms with Crippen molar-refractivity contribution in [1.82, 2.24) is 14.8 Å². The molecule has 0 bridgehead atoms. The van der Waals surface area contributed by atoms with Crippen LogP contribution in [0.5, 0.6) is 5.75 Å². The van der Waals surface area contributed by atoms with Gasteiger partial charge in [-0.15, -0.1) is 5.10 Å². The molecule has 0 saturated carbocycles. The van der Waals surface area contributed by atoms with Crippen LogP contribution in [0.4, 0.5) is 0 Å². The van der Waals surface area contributed by atoms with Gasteiger partial charge in [0.15, 0.2) is 5.82 Å². The van der Waals surface area contributed by atoms with E-state index in [-0.39, 0.29) is 6.54 Å². The second-order valence-corrected chi connectivity index (χ2v) is 4.19. The molecule has 0 atom stereocenters. The van der Waals surface area contributed by atoms with Crippen LogP contribution in [0.3, 0.4) is 0 Å². The molecule has 0 aliphatic carbocycles. The van der Waals surface area contributed by atoms with Crippen LogP contribution < -0.4 is 4.74 Å². The Kier molecular flexibility index (Phi) is 3.61. The van der Waals surface area contributed by atoms with E-state index in [0.29, 0.717) is 10.6 Å². The number of aromatic nitrogens is 3. The fourth-order valence-electron chi connectivity index (χ4n) is 1.51. The lowest BCUT2D eigenvalue weighted by Crippen LogP contribution is -2.11. The maximum Gasteiger partial charge on any atom is 0.325 e. The summed E-state index contributed by atoms with van der Waals surface area (Å²) in [5.41, 5.74) is 0.773. The smallest absolute Gasteiger partial charge is 0.325 e. The molecule has 94 valence electrons. The zero-order valence-electron chi connectivity index (χ0n) is 9.50. The highest BCUT2D eigenvalue weighted by molar-refractivity contribution is 9.10. The summed E-state index contributed by atoms with van der Waals surface area (Å²) in [6.45, 7) is -0.236. The van der Waals surface area contributed by atoms with Crippen LogP contribution in [0.15, 0.2) is 29.0 Å². The number of hydrogen-bond donors (Lipinski definition) is 1. The van der Waals surface area contributed by atoms with Crippen molar-refractivity contribution >= 4 is 21.9 Å². The summed E-state index contributed by atoms with van der Waals surface area (Å²) in [7, 11) is 1.58. The van der Waals surface area contributed by atoms with Crippen LogP contribution >= 0.6 is 15.9 Å². The Bertz CT molecular complexity index is 565. The van der Waals surface area contributed by atoms with Gasteiger partial charge in [0.25, 0.3) is 0 Å². The van der Waals surface area contributed by atoms with Crippen LogP contribution in [0.25, 0.3) is 11.4 Å². The summed E-state index contributed by atoms with van der Waals surface area (Å²) in [5, 5.41) is 12.8. The molecule has 1 heterocycles. The summed E-state index contributed by atoms with van der Waals surface area (Å²) < 4.78 is 6.74. The van der Waals surface area contributed by atoms with Crippen LogP contribution in [-0.4, -0.2) is 33.0 Å². The zero-order chi connectivity index (χ0) is 13.1. The van der Waals surface area contributed by atoms with E-state index in [1.54, 1.807) is 31.4 Å². The number of carboxylic acid groups (broad SMARTS) is 1. The number of halogens is 1. The molecular formula is C11H10BrN3O3. The Hall–Kier alpha value is -1.89. The predicted molar refractivity (Wildman–Crippen MR) is 67.3 cm³/mol. The number of rotatable bonds is 4. The molecule has 1 aromatic carbocycles. The lowest BCUT2D eigenvalue weighted by atomic mass is 10.2. The molecular weight excluding hydrogens is 302 g/mol. The zero-order valence-corrected chi connectivity index (χ0v) is 11.1. The van der Waals surface area contributed by atoms with E-state index >= 15 is 0 Å². The minimum absolute atomic E-state index is 0.236. The number of carbonyl (C=O) groups is 1. The Labute approximate surface area is 111 Å². The summed E-state index contributed by atoms with van der Waals surface area (Å²) in [6.07, 6.45) is 0. The molecule has 1 N–H and O–H groups in total. The quantitative estimate of drug-likeness (QED) is 0.931. The lowest BCUT2D eigenvalue weighted by molar-refractivity contribution is -0.137. The monoisotopic (exact) mass is 311 g/mol. The molecule has 18 heavy (non-hydrogen) atoms. The van der Waals surface area contributed by atoms with E-state index < -0.39 is 5.97 Å². The maximum atomic E-state index is 10.7. The highest BCUT2D eigenvalue weighted by Crippen LogP contribution is 2.22. The average Bonchev–Trinajstić information content (AvgIpc) is 2.69. The highest BCUT2D eigenvalue weighted by atomic mass is 79.9. The van der Waals surface area contributed by atoms with Gasteiger partial charge in [0.2, 0.25) is 4.73 Å². The van der Waals surface area contributed by atoms with Gasteiger partial charge in [-0.3, -0.25) is 4.79 Å². The van der Waals surface area contributed by atoms with Crippen molar-refractivity contribution in [2.75, 3.05) is 7.11 Å². The van der Waals surface area contributed by atoms with Crippen molar-refractivity contribution < 1.29 is 14.6 Å². The van der Waals surface area contributed by atoms with Gasteiger partial charge >= 0.3 is 5.97 Å². The first-order chi connectivity index (χ1) is 8.60. The van der Waals surface area contributed by atoms with Crippen LogP contribution in [-0.2, 0) is 11.3 Å². The van der Waals surface area contributed by atoms with Gasteiger partial charge < -0.3 is 9.84 Å². The normalized spacial score (nSPS) is 10.3. The molecule has 0 spiro atoms. The fraction of sp³-hybridized carbons (Fsp3) is 0.182. The van der Waals surface area contributed by atoms with Crippen LogP contribution in [0.1, 0.15) is 0 Å². The van der Waals surface area contributed by atoms with E-state index in [2.05, 4.69) is 26.0 Å². The first-order valence-electron chi connectivity index (χ1n) is 5.06. The van der Waals surface area contributed by atoms with Gasteiger partial charge in [-0.05, 0) is 40.2 Å². The van der Waals surface area contributed by atoms with Crippen molar-refractivity contribution in [1.29, 1.82) is 0 Å². The number of aliphatic carboxylic acids is 1. The van der Waals surface area contributed by atoms with Gasteiger partial charge in [0.05, 0.1) is 7.11 Å². The van der Waals surface area contributed by atoms with Crippen molar-refractivity contribution in [3.63, 3.8) is 0 Å². The number of carboxylic acids is 1. The highest BCUT2D eigenvalue weighted by Gasteiger charge is 2.13. The third-order valence-corrected chi connectivity index (χ3v) is 2.62. The minimum Gasteiger partial charge on any atom is -0.497 e. The van der Waals surface area contributed by atoms with Gasteiger partial charge in [-0.1, -0.05) is 0 Å². The van der Waals surface area contributed by atoms with E-state index in [1.165, 1.54) is 4.68 Å². The summed E-state index contributed by atoms with van der Waals surface area (Å²) in [6, 6.07) is 7.16. The number of ether oxygens (including phenoxy) is 1. The molecule has 0 saturated heterocycles. The van der Waals surface area contributed by atoms with Crippen LogP contribution in [0, 0.1) is 0 Å². The third-order valence-electron chi connectivity index (χ3n) is 2.28. The fourth-order valence-corrected chi connectivity index (χ4v) is 1.87. The largest absolute Gasteiger partial charge is 0.497 e. The average molecular weight is 312 g/mol. The molecule has 0 amide bonds. The van der Waals surface area contributed by atoms with Crippen LogP contribution in [0.2, 0.25) is 0 Å². The SMILES string of the molecule is COc1ccc(-c2nc(Br)nn2CC(=O)O)cc1. The maximum absolute atomic E-state index is 10.7. The van der Waals surface area contributed by atoms with Crippen molar-refractivity contribution in [3.05, 3.63) is 29.0 Å². The van der Waals surface area contributed by atoms with E-state index in [4.69, 9.17) is 9.84 Å². The van der Waals surface area contributed by atoms with Crippen molar-refractivity contribution in [3.8, 4) is 17.1 Å². The van der Waals surface area contributed by atoms with Crippen molar-refractivity contribution in [2.24, 2.45) is 0 Å². The standard InChI is InChI=1S/C11H10BrN3O3/c1-18-8-4-2-7(3-5-8)10-13-11(12)14-15(10)6-9(16)17/h2-5H,6H2,1H3,(H,16,17). The second-order valence-electron chi connectivity index (χ2n) is 3.48. The molecule has 7 heteroatoms. The molecule has 0 fully saturated rings. The van der Waals surface area contributed by atoms with E-state index in [9.17, 15) is 4.79 Å². The van der Waals surface area contributed by atoms with Gasteiger partial charge in [0, 0.05) is 5.56 Å². The predicted octanol–water partition coefficient (Wildman–Crippen LogP) is 1.80. The molecule has 6 nitrogen and oxygen atoms in total. The Morgan fingerprint density at radius 1 is 1.44 bits per heavy atom. The molecule has 0 aliphatic heterocycles. The summed E-state index contributed by atoms with van der Waals surface area (Å²) in [5.74, 6) is 0.246. The van der Waals surface area contributed by atoms with Gasteiger partial charge in [-0.25, -0.2) is 9.67 Å². The molecule has 2 rings (SSSR count). The first-order valence-corrected chi connectivity index (χ1v) is 5.86. The molecule has 1 aromatic heterocycles. The van der Waals surface area contributed by atoms with E-state index in [0.717, 1.165) is 11.3 Å². The molecule has 0 aliphatic rings.